The van der Waals surface area contributed by atoms with Crippen molar-refractivity contribution in [2.45, 2.75) is 39.3 Å². The van der Waals surface area contributed by atoms with Crippen molar-refractivity contribution >= 4 is 39.1 Å². The lowest BCUT2D eigenvalue weighted by Gasteiger charge is -2.34. The zero-order chi connectivity index (χ0) is 28.6. The third-order valence-corrected chi connectivity index (χ3v) is 7.72. The molecular formula is C29H33ClFN3O4S. The Morgan fingerprint density at radius 2 is 1.69 bits per heavy atom. The van der Waals surface area contributed by atoms with E-state index in [4.69, 9.17) is 11.6 Å². The molecule has 0 aromatic heterocycles. The van der Waals surface area contributed by atoms with Crippen molar-refractivity contribution in [1.29, 1.82) is 0 Å². The molecule has 10 heteroatoms. The molecule has 0 aliphatic rings. The minimum absolute atomic E-state index is 0.0446. The topological polar surface area (TPSA) is 86.8 Å². The number of hydrogen-bond donors (Lipinski definition) is 1. The van der Waals surface area contributed by atoms with Crippen LogP contribution in [0.3, 0.4) is 0 Å². The van der Waals surface area contributed by atoms with Gasteiger partial charge in [-0.1, -0.05) is 73.1 Å². The molecule has 3 rings (SSSR count). The predicted molar refractivity (Wildman–Crippen MR) is 153 cm³/mol. The number of carbonyl (C=O) groups excluding carboxylic acids is 2. The molecule has 7 nitrogen and oxygen atoms in total. The van der Waals surface area contributed by atoms with Crippen LogP contribution in [0, 0.1) is 12.7 Å². The normalized spacial score (nSPS) is 12.0. The zero-order valence-electron chi connectivity index (χ0n) is 22.2. The number of halogens is 2. The van der Waals surface area contributed by atoms with Crippen LogP contribution in [0.1, 0.15) is 30.0 Å². The van der Waals surface area contributed by atoms with E-state index in [2.05, 4.69) is 5.32 Å². The summed E-state index contributed by atoms with van der Waals surface area (Å²) in [5.41, 5.74) is 2.64. The van der Waals surface area contributed by atoms with Gasteiger partial charge in [-0.25, -0.2) is 12.8 Å². The first kappa shape index (κ1) is 30.1. The molecular weight excluding hydrogens is 541 g/mol. The van der Waals surface area contributed by atoms with Crippen LogP contribution in [0.4, 0.5) is 10.1 Å². The van der Waals surface area contributed by atoms with Gasteiger partial charge in [-0.15, -0.1) is 0 Å². The zero-order valence-corrected chi connectivity index (χ0v) is 23.8. The number of carbonyl (C=O) groups is 2. The second kappa shape index (κ2) is 13.6. The molecule has 0 radical (unpaired) electrons. The standard InChI is InChI=1S/C29H33ClFN3O4S/c1-4-16-32-29(36)27(17-22-11-6-5-7-12-22)33(19-23-13-9-8-10-21(23)2)28(35)20-34(39(3,37)38)24-14-15-26(31)25(30)18-24/h5-15,18,27H,4,16-17,19-20H2,1-3H3,(H,32,36). The molecule has 0 aliphatic heterocycles. The average Bonchev–Trinajstić information content (AvgIpc) is 2.90. The SMILES string of the molecule is CCCNC(=O)C(Cc1ccccc1)N(Cc1ccccc1C)C(=O)CN(c1ccc(F)c(Cl)c1)S(C)(=O)=O. The van der Waals surface area contributed by atoms with E-state index in [1.807, 2.05) is 68.4 Å². The number of amides is 2. The van der Waals surface area contributed by atoms with Crippen molar-refractivity contribution in [3.8, 4) is 0 Å². The van der Waals surface area contributed by atoms with E-state index in [0.29, 0.717) is 13.0 Å². The van der Waals surface area contributed by atoms with Crippen LogP contribution in [-0.2, 0) is 32.6 Å². The summed E-state index contributed by atoms with van der Waals surface area (Å²) in [5.74, 6) is -1.63. The molecule has 0 bridgehead atoms. The first-order valence-electron chi connectivity index (χ1n) is 12.6. The van der Waals surface area contributed by atoms with Gasteiger partial charge in [-0.2, -0.15) is 0 Å². The minimum Gasteiger partial charge on any atom is -0.354 e. The Morgan fingerprint density at radius 1 is 1.03 bits per heavy atom. The molecule has 0 aliphatic carbocycles. The number of nitrogens with zero attached hydrogens (tertiary/aromatic N) is 2. The van der Waals surface area contributed by atoms with Gasteiger partial charge in [0, 0.05) is 19.5 Å². The number of rotatable bonds is 12. The number of sulfonamides is 1. The first-order valence-corrected chi connectivity index (χ1v) is 14.8. The monoisotopic (exact) mass is 573 g/mol. The third-order valence-electron chi connectivity index (χ3n) is 6.29. The minimum atomic E-state index is -3.97. The smallest absolute Gasteiger partial charge is 0.244 e. The van der Waals surface area contributed by atoms with E-state index in [1.165, 1.54) is 11.0 Å². The van der Waals surface area contributed by atoms with Crippen molar-refractivity contribution in [3.63, 3.8) is 0 Å². The highest BCUT2D eigenvalue weighted by Gasteiger charge is 2.33. The summed E-state index contributed by atoms with van der Waals surface area (Å²) in [4.78, 5) is 28.9. The number of anilines is 1. The maximum absolute atomic E-state index is 14.0. The van der Waals surface area contributed by atoms with E-state index in [1.54, 1.807) is 0 Å². The fourth-order valence-electron chi connectivity index (χ4n) is 4.14. The molecule has 0 saturated heterocycles. The van der Waals surface area contributed by atoms with Gasteiger partial charge in [0.25, 0.3) is 0 Å². The van der Waals surface area contributed by atoms with Crippen LogP contribution in [0.15, 0.2) is 72.8 Å². The predicted octanol–water partition coefficient (Wildman–Crippen LogP) is 4.72. The van der Waals surface area contributed by atoms with Crippen LogP contribution in [0.5, 0.6) is 0 Å². The van der Waals surface area contributed by atoms with Gasteiger partial charge < -0.3 is 10.2 Å². The fourth-order valence-corrected chi connectivity index (χ4v) is 5.16. The Bertz CT molecular complexity index is 1400. The van der Waals surface area contributed by atoms with Gasteiger partial charge in [-0.05, 0) is 48.2 Å². The maximum atomic E-state index is 14.0. The highest BCUT2D eigenvalue weighted by Crippen LogP contribution is 2.25. The molecule has 39 heavy (non-hydrogen) atoms. The highest BCUT2D eigenvalue weighted by molar-refractivity contribution is 7.92. The summed E-state index contributed by atoms with van der Waals surface area (Å²) in [6, 6.07) is 19.4. The van der Waals surface area contributed by atoms with E-state index in [9.17, 15) is 22.4 Å². The Morgan fingerprint density at radius 3 is 2.31 bits per heavy atom. The van der Waals surface area contributed by atoms with Gasteiger partial charge in [0.1, 0.15) is 18.4 Å². The molecule has 3 aromatic carbocycles. The van der Waals surface area contributed by atoms with Gasteiger partial charge in [0.2, 0.25) is 21.8 Å². The lowest BCUT2D eigenvalue weighted by molar-refractivity contribution is -0.140. The molecule has 2 amide bonds. The van der Waals surface area contributed by atoms with E-state index < -0.39 is 34.3 Å². The lowest BCUT2D eigenvalue weighted by atomic mass is 10.0. The lowest BCUT2D eigenvalue weighted by Crippen LogP contribution is -2.53. The Balaban J connectivity index is 2.06. The largest absolute Gasteiger partial charge is 0.354 e. The number of nitrogens with one attached hydrogen (secondary N) is 1. The maximum Gasteiger partial charge on any atom is 0.244 e. The third kappa shape index (κ3) is 8.28. The molecule has 1 N–H and O–H groups in total. The molecule has 0 saturated carbocycles. The molecule has 0 heterocycles. The van der Waals surface area contributed by atoms with E-state index in [0.717, 1.165) is 39.4 Å². The first-order chi connectivity index (χ1) is 18.5. The van der Waals surface area contributed by atoms with E-state index >= 15 is 0 Å². The second-order valence-electron chi connectivity index (χ2n) is 9.31. The van der Waals surface area contributed by atoms with Crippen molar-refractivity contribution in [2.75, 3.05) is 23.7 Å². The van der Waals surface area contributed by atoms with Crippen LogP contribution in [-0.4, -0.2) is 50.5 Å². The summed E-state index contributed by atoms with van der Waals surface area (Å²) >= 11 is 5.92. The van der Waals surface area contributed by atoms with Crippen molar-refractivity contribution in [2.24, 2.45) is 0 Å². The summed E-state index contributed by atoms with van der Waals surface area (Å²) in [5, 5.41) is 2.62. The molecule has 1 atom stereocenters. The summed E-state index contributed by atoms with van der Waals surface area (Å²) < 4.78 is 40.2. The molecule has 0 spiro atoms. The second-order valence-corrected chi connectivity index (χ2v) is 11.6. The summed E-state index contributed by atoms with van der Waals surface area (Å²) in [6.07, 6.45) is 1.90. The Hall–Kier alpha value is -3.43. The van der Waals surface area contributed by atoms with Crippen molar-refractivity contribution < 1.29 is 22.4 Å². The van der Waals surface area contributed by atoms with Crippen LogP contribution in [0.2, 0.25) is 5.02 Å². The van der Waals surface area contributed by atoms with Crippen molar-refractivity contribution in [1.82, 2.24) is 10.2 Å². The van der Waals surface area contributed by atoms with Gasteiger partial charge in [0.05, 0.1) is 17.0 Å². The number of aryl methyl sites for hydroxylation is 1. The number of benzene rings is 3. The van der Waals surface area contributed by atoms with Crippen LogP contribution >= 0.6 is 11.6 Å². The fraction of sp³-hybridized carbons (Fsp3) is 0.310. The Kier molecular flexibility index (Phi) is 10.5. The molecule has 208 valence electrons. The molecule has 1 unspecified atom stereocenters. The summed E-state index contributed by atoms with van der Waals surface area (Å²) in [7, 11) is -3.97. The number of hydrogen-bond acceptors (Lipinski definition) is 4. The van der Waals surface area contributed by atoms with Gasteiger partial charge in [0.15, 0.2) is 0 Å². The molecule has 3 aromatic rings. The van der Waals surface area contributed by atoms with Crippen molar-refractivity contribution in [3.05, 3.63) is 100 Å². The Labute approximate surface area is 234 Å². The van der Waals surface area contributed by atoms with E-state index in [-0.39, 0.29) is 29.6 Å². The van der Waals surface area contributed by atoms with Gasteiger partial charge >= 0.3 is 0 Å². The summed E-state index contributed by atoms with van der Waals surface area (Å²) in [6.45, 7) is 3.76. The quantitative estimate of drug-likeness (QED) is 0.340. The molecule has 0 fully saturated rings. The highest BCUT2D eigenvalue weighted by atomic mass is 35.5. The average molecular weight is 574 g/mol. The van der Waals surface area contributed by atoms with Crippen LogP contribution < -0.4 is 9.62 Å². The van der Waals surface area contributed by atoms with Crippen LogP contribution in [0.25, 0.3) is 0 Å². The van der Waals surface area contributed by atoms with Gasteiger partial charge in [-0.3, -0.25) is 13.9 Å².